The average molecular weight is 383 g/mol. The summed E-state index contributed by atoms with van der Waals surface area (Å²) in [4.78, 5) is 44.4. The van der Waals surface area contributed by atoms with E-state index in [1.165, 1.54) is 4.90 Å². The fraction of sp³-hybridized carbons (Fsp3) is 0.842. The summed E-state index contributed by atoms with van der Waals surface area (Å²) in [6.07, 6.45) is 0.871. The maximum absolute atomic E-state index is 12.7. The Morgan fingerprint density at radius 2 is 1.52 bits per heavy atom. The Kier molecular flexibility index (Phi) is 7.08. The van der Waals surface area contributed by atoms with E-state index in [4.69, 9.17) is 4.74 Å². The summed E-state index contributed by atoms with van der Waals surface area (Å²) in [6, 6.07) is 0. The Hall–Kier alpha value is -1.83. The molecule has 0 aliphatic carbocycles. The molecule has 2 aliphatic heterocycles. The maximum Gasteiger partial charge on any atom is 0.410 e. The summed E-state index contributed by atoms with van der Waals surface area (Å²) in [5, 5.41) is 0. The number of likely N-dealkylation sites (N-methyl/N-ethyl adjacent to an activating group) is 2. The van der Waals surface area contributed by atoms with E-state index in [1.807, 2.05) is 4.90 Å². The van der Waals surface area contributed by atoms with Crippen molar-refractivity contribution < 1.29 is 19.1 Å². The fourth-order valence-corrected chi connectivity index (χ4v) is 3.37. The molecule has 3 amide bonds. The van der Waals surface area contributed by atoms with Crippen LogP contribution < -0.4 is 0 Å². The lowest BCUT2D eigenvalue weighted by molar-refractivity contribution is -0.142. The van der Waals surface area contributed by atoms with Gasteiger partial charge in [-0.25, -0.2) is 4.79 Å². The van der Waals surface area contributed by atoms with Crippen molar-refractivity contribution in [2.45, 2.75) is 39.2 Å². The molecule has 2 fully saturated rings. The van der Waals surface area contributed by atoms with Gasteiger partial charge in [-0.1, -0.05) is 0 Å². The molecular formula is C19H34N4O4. The summed E-state index contributed by atoms with van der Waals surface area (Å²) in [6.45, 7) is 9.90. The molecule has 0 aromatic heterocycles. The Morgan fingerprint density at radius 1 is 0.963 bits per heavy atom. The monoisotopic (exact) mass is 382 g/mol. The summed E-state index contributed by atoms with van der Waals surface area (Å²) >= 11 is 0. The summed E-state index contributed by atoms with van der Waals surface area (Å²) in [5.74, 6) is 0.121. The first kappa shape index (κ1) is 21.5. The molecule has 0 aromatic rings. The molecular weight excluding hydrogens is 348 g/mol. The SMILES string of the molecule is CN1CCN(C(=O)C2CCN(C(=O)CN(C)C(=O)OC(C)(C)C)CC2)CC1. The molecule has 8 nitrogen and oxygen atoms in total. The molecule has 0 N–H and O–H groups in total. The number of hydrogen-bond donors (Lipinski definition) is 0. The van der Waals surface area contributed by atoms with Crippen LogP contribution in [-0.2, 0) is 14.3 Å². The van der Waals surface area contributed by atoms with Crippen LogP contribution in [0.2, 0.25) is 0 Å². The number of nitrogens with zero attached hydrogens (tertiary/aromatic N) is 4. The van der Waals surface area contributed by atoms with Gasteiger partial charge < -0.3 is 24.3 Å². The summed E-state index contributed by atoms with van der Waals surface area (Å²) in [5.41, 5.74) is -0.587. The topological polar surface area (TPSA) is 73.4 Å². The third-order valence-electron chi connectivity index (χ3n) is 5.09. The van der Waals surface area contributed by atoms with Crippen LogP contribution in [0.15, 0.2) is 0 Å². The number of amides is 3. The van der Waals surface area contributed by atoms with Gasteiger partial charge in [-0.2, -0.15) is 0 Å². The molecule has 0 atom stereocenters. The number of piperidine rings is 1. The van der Waals surface area contributed by atoms with Gasteiger partial charge in [0.1, 0.15) is 12.1 Å². The van der Waals surface area contributed by atoms with Crippen LogP contribution in [0.5, 0.6) is 0 Å². The van der Waals surface area contributed by atoms with Crippen molar-refractivity contribution in [3.05, 3.63) is 0 Å². The molecule has 2 aliphatic rings. The number of hydrogen-bond acceptors (Lipinski definition) is 5. The maximum atomic E-state index is 12.7. The zero-order valence-corrected chi connectivity index (χ0v) is 17.4. The van der Waals surface area contributed by atoms with E-state index in [9.17, 15) is 14.4 Å². The third kappa shape index (κ3) is 6.37. The summed E-state index contributed by atoms with van der Waals surface area (Å²) in [7, 11) is 3.63. The Labute approximate surface area is 162 Å². The molecule has 27 heavy (non-hydrogen) atoms. The highest BCUT2D eigenvalue weighted by molar-refractivity contribution is 5.83. The molecule has 0 bridgehead atoms. The highest BCUT2D eigenvalue weighted by atomic mass is 16.6. The number of likely N-dealkylation sites (tertiary alicyclic amines) is 1. The summed E-state index contributed by atoms with van der Waals surface area (Å²) < 4.78 is 5.27. The van der Waals surface area contributed by atoms with Gasteiger partial charge in [0, 0.05) is 52.2 Å². The van der Waals surface area contributed by atoms with Crippen molar-refractivity contribution in [1.82, 2.24) is 19.6 Å². The Morgan fingerprint density at radius 3 is 2.04 bits per heavy atom. The Bertz CT molecular complexity index is 544. The Balaban J connectivity index is 1.76. The van der Waals surface area contributed by atoms with E-state index in [-0.39, 0.29) is 24.3 Å². The van der Waals surface area contributed by atoms with E-state index in [0.717, 1.165) is 26.2 Å². The van der Waals surface area contributed by atoms with Gasteiger partial charge in [-0.05, 0) is 40.7 Å². The number of carbonyl (C=O) groups excluding carboxylic acids is 3. The minimum Gasteiger partial charge on any atom is -0.444 e. The van der Waals surface area contributed by atoms with Crippen molar-refractivity contribution >= 4 is 17.9 Å². The molecule has 2 rings (SSSR count). The van der Waals surface area contributed by atoms with Crippen molar-refractivity contribution in [2.75, 3.05) is 59.9 Å². The van der Waals surface area contributed by atoms with Crippen molar-refractivity contribution in [1.29, 1.82) is 0 Å². The van der Waals surface area contributed by atoms with E-state index < -0.39 is 11.7 Å². The predicted octanol–water partition coefficient (Wildman–Crippen LogP) is 0.866. The third-order valence-corrected chi connectivity index (χ3v) is 5.09. The first-order valence-electron chi connectivity index (χ1n) is 9.76. The second-order valence-corrected chi connectivity index (χ2v) is 8.62. The van der Waals surface area contributed by atoms with Crippen molar-refractivity contribution in [2.24, 2.45) is 5.92 Å². The van der Waals surface area contributed by atoms with Crippen molar-refractivity contribution in [3.8, 4) is 0 Å². The normalized spacial score (nSPS) is 19.7. The minimum absolute atomic E-state index is 0.000964. The van der Waals surface area contributed by atoms with Crippen LogP contribution in [0, 0.1) is 5.92 Å². The van der Waals surface area contributed by atoms with Crippen LogP contribution in [0.1, 0.15) is 33.6 Å². The van der Waals surface area contributed by atoms with Crippen LogP contribution >= 0.6 is 0 Å². The number of rotatable bonds is 3. The van der Waals surface area contributed by atoms with Gasteiger partial charge in [0.2, 0.25) is 11.8 Å². The number of carbonyl (C=O) groups is 3. The molecule has 2 saturated heterocycles. The molecule has 0 radical (unpaired) electrons. The molecule has 8 heteroatoms. The highest BCUT2D eigenvalue weighted by Crippen LogP contribution is 2.21. The standard InChI is InChI=1S/C19H34N4O4/c1-19(2,3)27-18(26)21(5)14-16(24)22-8-6-15(7-9-22)17(25)23-12-10-20(4)11-13-23/h15H,6-14H2,1-5H3. The molecule has 0 saturated carbocycles. The van der Waals surface area contributed by atoms with Gasteiger partial charge in [0.15, 0.2) is 0 Å². The first-order valence-corrected chi connectivity index (χ1v) is 9.76. The molecule has 2 heterocycles. The van der Waals surface area contributed by atoms with E-state index in [0.29, 0.717) is 25.9 Å². The van der Waals surface area contributed by atoms with Gasteiger partial charge >= 0.3 is 6.09 Å². The van der Waals surface area contributed by atoms with E-state index in [2.05, 4.69) is 11.9 Å². The average Bonchev–Trinajstić information content (AvgIpc) is 2.60. The predicted molar refractivity (Wildman–Crippen MR) is 102 cm³/mol. The van der Waals surface area contributed by atoms with E-state index in [1.54, 1.807) is 32.7 Å². The fourth-order valence-electron chi connectivity index (χ4n) is 3.37. The molecule has 154 valence electrons. The lowest BCUT2D eigenvalue weighted by Gasteiger charge is -2.37. The van der Waals surface area contributed by atoms with Crippen LogP contribution in [0.4, 0.5) is 4.79 Å². The van der Waals surface area contributed by atoms with Crippen molar-refractivity contribution in [3.63, 3.8) is 0 Å². The second kappa shape index (κ2) is 8.91. The first-order chi connectivity index (χ1) is 12.6. The van der Waals surface area contributed by atoms with E-state index >= 15 is 0 Å². The molecule has 0 spiro atoms. The van der Waals surface area contributed by atoms with Crippen LogP contribution in [0.3, 0.4) is 0 Å². The number of ether oxygens (including phenoxy) is 1. The quantitative estimate of drug-likeness (QED) is 0.724. The number of piperazine rings is 1. The lowest BCUT2D eigenvalue weighted by atomic mass is 9.95. The minimum atomic E-state index is -0.587. The lowest BCUT2D eigenvalue weighted by Crippen LogP contribution is -2.51. The van der Waals surface area contributed by atoms with Gasteiger partial charge in [-0.3, -0.25) is 9.59 Å². The van der Waals surface area contributed by atoms with Crippen LogP contribution in [0.25, 0.3) is 0 Å². The zero-order valence-electron chi connectivity index (χ0n) is 17.4. The van der Waals surface area contributed by atoms with Gasteiger partial charge in [0.05, 0.1) is 0 Å². The molecule has 0 aromatic carbocycles. The van der Waals surface area contributed by atoms with Crippen LogP contribution in [-0.4, -0.2) is 103 Å². The van der Waals surface area contributed by atoms with Gasteiger partial charge in [0.25, 0.3) is 0 Å². The highest BCUT2D eigenvalue weighted by Gasteiger charge is 2.32. The smallest absolute Gasteiger partial charge is 0.410 e. The second-order valence-electron chi connectivity index (χ2n) is 8.62. The van der Waals surface area contributed by atoms with Gasteiger partial charge in [-0.15, -0.1) is 0 Å². The molecule has 0 unspecified atom stereocenters. The largest absolute Gasteiger partial charge is 0.444 e. The zero-order chi connectivity index (χ0) is 20.2.